The van der Waals surface area contributed by atoms with Crippen molar-refractivity contribution in [3.05, 3.63) is 59.8 Å². The second kappa shape index (κ2) is 12.5. The zero-order chi connectivity index (χ0) is 20.5. The molecule has 1 aromatic heterocycles. The number of nitrogens with zero attached hydrogens (tertiary/aromatic N) is 4. The first-order valence-corrected chi connectivity index (χ1v) is 10.1. The lowest BCUT2D eigenvalue weighted by Gasteiger charge is -2.36. The van der Waals surface area contributed by atoms with Crippen molar-refractivity contribution in [3.8, 4) is 0 Å². The standard InChI is InChI=1S/C22H30N6O.HI/c1-18-7-6-10-20(25-18)26-21(29)11-12-24-22(23-2)28-15-13-27(14-16-28)17-19-8-4-3-5-9-19;/h3-10H,11-17H2,1-2H3,(H,23,24)(H,25,26,29);1H. The van der Waals surface area contributed by atoms with Gasteiger partial charge in [-0.05, 0) is 24.6 Å². The van der Waals surface area contributed by atoms with Crippen LogP contribution < -0.4 is 10.6 Å². The maximum absolute atomic E-state index is 12.1. The monoisotopic (exact) mass is 522 g/mol. The van der Waals surface area contributed by atoms with Crippen molar-refractivity contribution in [1.82, 2.24) is 20.1 Å². The van der Waals surface area contributed by atoms with Gasteiger partial charge in [-0.15, -0.1) is 24.0 Å². The number of halogens is 1. The maximum atomic E-state index is 12.1. The number of hydrogen-bond donors (Lipinski definition) is 2. The number of amides is 1. The average molecular weight is 522 g/mol. The number of pyridine rings is 1. The van der Waals surface area contributed by atoms with Crippen molar-refractivity contribution >= 4 is 41.7 Å². The molecule has 0 unspecified atom stereocenters. The largest absolute Gasteiger partial charge is 0.356 e. The summed E-state index contributed by atoms with van der Waals surface area (Å²) in [6.45, 7) is 7.26. The van der Waals surface area contributed by atoms with Gasteiger partial charge in [0, 0.05) is 58.4 Å². The summed E-state index contributed by atoms with van der Waals surface area (Å²) < 4.78 is 0. The summed E-state index contributed by atoms with van der Waals surface area (Å²) in [5, 5.41) is 6.14. The molecule has 2 N–H and O–H groups in total. The van der Waals surface area contributed by atoms with Gasteiger partial charge in [0.2, 0.25) is 5.91 Å². The highest BCUT2D eigenvalue weighted by atomic mass is 127. The van der Waals surface area contributed by atoms with Crippen molar-refractivity contribution < 1.29 is 4.79 Å². The van der Waals surface area contributed by atoms with Crippen LogP contribution in [-0.4, -0.2) is 66.4 Å². The first-order chi connectivity index (χ1) is 14.1. The van der Waals surface area contributed by atoms with E-state index in [4.69, 9.17) is 0 Å². The van der Waals surface area contributed by atoms with E-state index in [0.29, 0.717) is 18.8 Å². The molecular weight excluding hydrogens is 491 g/mol. The van der Waals surface area contributed by atoms with Crippen LogP contribution in [0.3, 0.4) is 0 Å². The third-order valence-corrected chi connectivity index (χ3v) is 4.92. The smallest absolute Gasteiger partial charge is 0.227 e. The highest BCUT2D eigenvalue weighted by molar-refractivity contribution is 14.0. The number of carbonyl (C=O) groups is 1. The number of hydrogen-bond acceptors (Lipinski definition) is 4. The summed E-state index contributed by atoms with van der Waals surface area (Å²) in [7, 11) is 1.79. The zero-order valence-corrected chi connectivity index (χ0v) is 20.0. The lowest BCUT2D eigenvalue weighted by atomic mass is 10.2. The van der Waals surface area contributed by atoms with E-state index >= 15 is 0 Å². The molecule has 8 heteroatoms. The summed E-state index contributed by atoms with van der Waals surface area (Å²) in [6.07, 6.45) is 0.364. The van der Waals surface area contributed by atoms with Crippen molar-refractivity contribution in [2.75, 3.05) is 45.1 Å². The van der Waals surface area contributed by atoms with Gasteiger partial charge in [-0.2, -0.15) is 0 Å². The number of rotatable bonds is 6. The van der Waals surface area contributed by atoms with E-state index in [2.05, 4.69) is 60.7 Å². The van der Waals surface area contributed by atoms with Gasteiger partial charge in [0.15, 0.2) is 5.96 Å². The summed E-state index contributed by atoms with van der Waals surface area (Å²) in [5.41, 5.74) is 2.23. The average Bonchev–Trinajstić information content (AvgIpc) is 2.73. The third kappa shape index (κ3) is 7.56. The van der Waals surface area contributed by atoms with Gasteiger partial charge in [0.1, 0.15) is 5.82 Å². The van der Waals surface area contributed by atoms with E-state index in [1.807, 2.05) is 19.1 Å². The van der Waals surface area contributed by atoms with Crippen molar-refractivity contribution in [2.24, 2.45) is 4.99 Å². The number of benzene rings is 1. The number of aryl methyl sites for hydroxylation is 1. The Balaban J connectivity index is 0.00000320. The molecule has 1 amide bonds. The molecule has 2 heterocycles. The van der Waals surface area contributed by atoms with E-state index in [-0.39, 0.29) is 29.9 Å². The quantitative estimate of drug-likeness (QED) is 0.347. The molecule has 1 saturated heterocycles. The van der Waals surface area contributed by atoms with Gasteiger partial charge in [-0.1, -0.05) is 36.4 Å². The number of guanidine groups is 1. The topological polar surface area (TPSA) is 72.9 Å². The second-order valence-electron chi connectivity index (χ2n) is 7.19. The molecule has 2 aromatic rings. The maximum Gasteiger partial charge on any atom is 0.227 e. The molecule has 0 atom stereocenters. The zero-order valence-electron chi connectivity index (χ0n) is 17.7. The van der Waals surface area contributed by atoms with Crippen molar-refractivity contribution in [3.63, 3.8) is 0 Å². The fourth-order valence-electron chi connectivity index (χ4n) is 3.40. The highest BCUT2D eigenvalue weighted by Gasteiger charge is 2.19. The SMILES string of the molecule is CN=C(NCCC(=O)Nc1cccc(C)n1)N1CCN(Cc2ccccc2)CC1.I. The van der Waals surface area contributed by atoms with Gasteiger partial charge >= 0.3 is 0 Å². The van der Waals surface area contributed by atoms with Crippen LogP contribution in [0.1, 0.15) is 17.7 Å². The lowest BCUT2D eigenvalue weighted by molar-refractivity contribution is -0.116. The summed E-state index contributed by atoms with van der Waals surface area (Å²) in [4.78, 5) is 25.5. The molecule has 0 bridgehead atoms. The van der Waals surface area contributed by atoms with Crippen LogP contribution >= 0.6 is 24.0 Å². The first-order valence-electron chi connectivity index (χ1n) is 10.1. The Morgan fingerprint density at radius 2 is 1.80 bits per heavy atom. The number of carbonyl (C=O) groups excluding carboxylic acids is 1. The van der Waals surface area contributed by atoms with Crippen LogP contribution in [0.25, 0.3) is 0 Å². The van der Waals surface area contributed by atoms with Crippen LogP contribution in [-0.2, 0) is 11.3 Å². The number of aliphatic imine (C=N–C) groups is 1. The molecule has 30 heavy (non-hydrogen) atoms. The van der Waals surface area contributed by atoms with Gasteiger partial charge in [0.25, 0.3) is 0 Å². The van der Waals surface area contributed by atoms with E-state index in [1.54, 1.807) is 13.1 Å². The lowest BCUT2D eigenvalue weighted by Crippen LogP contribution is -2.52. The molecule has 0 radical (unpaired) electrons. The second-order valence-corrected chi connectivity index (χ2v) is 7.19. The Bertz CT molecular complexity index is 821. The molecule has 1 aromatic carbocycles. The molecule has 0 aliphatic carbocycles. The number of anilines is 1. The fraction of sp³-hybridized carbons (Fsp3) is 0.409. The third-order valence-electron chi connectivity index (χ3n) is 4.92. The Hall–Kier alpha value is -2.20. The predicted octanol–water partition coefficient (Wildman–Crippen LogP) is 2.73. The predicted molar refractivity (Wildman–Crippen MR) is 132 cm³/mol. The highest BCUT2D eigenvalue weighted by Crippen LogP contribution is 2.09. The minimum absolute atomic E-state index is 0. The van der Waals surface area contributed by atoms with E-state index < -0.39 is 0 Å². The first kappa shape index (κ1) is 24.1. The number of piperazine rings is 1. The molecule has 1 aliphatic heterocycles. The van der Waals surface area contributed by atoms with Crippen LogP contribution in [0, 0.1) is 6.92 Å². The van der Waals surface area contributed by atoms with Crippen molar-refractivity contribution in [2.45, 2.75) is 19.9 Å². The Kier molecular flexibility index (Phi) is 10.0. The van der Waals surface area contributed by atoms with Crippen LogP contribution in [0.5, 0.6) is 0 Å². The summed E-state index contributed by atoms with van der Waals surface area (Å²) >= 11 is 0. The molecular formula is C22H31IN6O. The van der Waals surface area contributed by atoms with Gasteiger partial charge < -0.3 is 15.5 Å². The van der Waals surface area contributed by atoms with E-state index in [1.165, 1.54) is 5.56 Å². The van der Waals surface area contributed by atoms with Crippen LogP contribution in [0.15, 0.2) is 53.5 Å². The summed E-state index contributed by atoms with van der Waals surface area (Å²) in [5.74, 6) is 1.39. The van der Waals surface area contributed by atoms with Gasteiger partial charge in [-0.3, -0.25) is 14.7 Å². The van der Waals surface area contributed by atoms with Gasteiger partial charge in [0.05, 0.1) is 0 Å². The van der Waals surface area contributed by atoms with Crippen LogP contribution in [0.4, 0.5) is 5.82 Å². The van der Waals surface area contributed by atoms with Crippen molar-refractivity contribution in [1.29, 1.82) is 0 Å². The fourth-order valence-corrected chi connectivity index (χ4v) is 3.40. The number of nitrogens with one attached hydrogen (secondary N) is 2. The Morgan fingerprint density at radius 1 is 1.07 bits per heavy atom. The van der Waals surface area contributed by atoms with Gasteiger partial charge in [-0.25, -0.2) is 4.98 Å². The molecule has 0 saturated carbocycles. The minimum Gasteiger partial charge on any atom is -0.356 e. The normalized spacial score (nSPS) is 14.7. The number of aromatic nitrogens is 1. The van der Waals surface area contributed by atoms with E-state index in [9.17, 15) is 4.79 Å². The van der Waals surface area contributed by atoms with Crippen LogP contribution in [0.2, 0.25) is 0 Å². The molecule has 1 fully saturated rings. The molecule has 3 rings (SSSR count). The Morgan fingerprint density at radius 3 is 2.47 bits per heavy atom. The summed E-state index contributed by atoms with van der Waals surface area (Å²) in [6, 6.07) is 16.1. The molecule has 7 nitrogen and oxygen atoms in total. The molecule has 0 spiro atoms. The molecule has 162 valence electrons. The molecule has 1 aliphatic rings. The Labute approximate surface area is 196 Å². The minimum atomic E-state index is -0.0567. The van der Waals surface area contributed by atoms with E-state index in [0.717, 1.165) is 44.4 Å².